The maximum atomic E-state index is 11.9. The Morgan fingerprint density at radius 3 is 2.80 bits per heavy atom. The molecule has 0 spiro atoms. The summed E-state index contributed by atoms with van der Waals surface area (Å²) in [5.74, 6) is 0.380. The van der Waals surface area contributed by atoms with Crippen LogP contribution in [0, 0.1) is 0 Å². The van der Waals surface area contributed by atoms with Crippen LogP contribution in [0.4, 0.5) is 5.69 Å². The summed E-state index contributed by atoms with van der Waals surface area (Å²) in [6, 6.07) is 5.11. The fourth-order valence-corrected chi connectivity index (χ4v) is 2.56. The third kappa shape index (κ3) is 3.42. The van der Waals surface area contributed by atoms with Gasteiger partial charge in [0, 0.05) is 32.3 Å². The molecule has 1 amide bonds. The minimum Gasteiger partial charge on any atom is -0.489 e. The quantitative estimate of drug-likeness (QED) is 0.826. The first-order valence-electron chi connectivity index (χ1n) is 6.95. The zero-order chi connectivity index (χ0) is 14.5. The first kappa shape index (κ1) is 14.7. The largest absolute Gasteiger partial charge is 0.489 e. The molecule has 1 aromatic rings. The summed E-state index contributed by atoms with van der Waals surface area (Å²) in [4.78, 5) is 11.9. The standard InChI is InChI=1S/C15H22N2O3/c1-17-15(18)13-7-6-10(16)8-14(13)20-12-5-3-4-11(9-12)19-2/h6-8,11-12H,3-5,9,16H2,1-2H3,(H,17,18). The molecule has 3 N–H and O–H groups in total. The van der Waals surface area contributed by atoms with Crippen LogP contribution in [0.3, 0.4) is 0 Å². The topological polar surface area (TPSA) is 73.6 Å². The highest BCUT2D eigenvalue weighted by molar-refractivity contribution is 5.97. The first-order valence-corrected chi connectivity index (χ1v) is 6.95. The van der Waals surface area contributed by atoms with Gasteiger partial charge in [0.2, 0.25) is 0 Å². The number of anilines is 1. The third-order valence-electron chi connectivity index (χ3n) is 3.68. The zero-order valence-electron chi connectivity index (χ0n) is 12.0. The van der Waals surface area contributed by atoms with Gasteiger partial charge in [-0.1, -0.05) is 0 Å². The van der Waals surface area contributed by atoms with Crippen molar-refractivity contribution in [1.82, 2.24) is 5.32 Å². The summed E-state index contributed by atoms with van der Waals surface area (Å²) in [5, 5.41) is 2.61. The molecule has 1 saturated carbocycles. The van der Waals surface area contributed by atoms with Gasteiger partial charge < -0.3 is 20.5 Å². The molecule has 5 heteroatoms. The maximum absolute atomic E-state index is 11.9. The maximum Gasteiger partial charge on any atom is 0.254 e. The van der Waals surface area contributed by atoms with E-state index in [0.717, 1.165) is 25.7 Å². The van der Waals surface area contributed by atoms with E-state index in [9.17, 15) is 4.79 Å². The van der Waals surface area contributed by atoms with Crippen molar-refractivity contribution in [2.75, 3.05) is 19.9 Å². The van der Waals surface area contributed by atoms with Crippen molar-refractivity contribution in [2.24, 2.45) is 0 Å². The number of hydrogen-bond acceptors (Lipinski definition) is 4. The normalized spacial score (nSPS) is 22.3. The average Bonchev–Trinajstić information content (AvgIpc) is 2.47. The lowest BCUT2D eigenvalue weighted by molar-refractivity contribution is 0.0207. The number of nitrogens with two attached hydrogens (primary N) is 1. The molecular weight excluding hydrogens is 256 g/mol. The summed E-state index contributed by atoms with van der Waals surface area (Å²) in [6.45, 7) is 0. The van der Waals surface area contributed by atoms with Gasteiger partial charge in [-0.15, -0.1) is 0 Å². The molecule has 0 aliphatic heterocycles. The SMILES string of the molecule is CNC(=O)c1ccc(N)cc1OC1CCCC(OC)C1. The van der Waals surface area contributed by atoms with Crippen molar-refractivity contribution in [3.8, 4) is 5.75 Å². The van der Waals surface area contributed by atoms with Crippen LogP contribution in [0.5, 0.6) is 5.75 Å². The highest BCUT2D eigenvalue weighted by Crippen LogP contribution is 2.28. The van der Waals surface area contributed by atoms with E-state index < -0.39 is 0 Å². The average molecular weight is 278 g/mol. The molecule has 1 fully saturated rings. The number of rotatable bonds is 4. The number of methoxy groups -OCH3 is 1. The molecule has 0 radical (unpaired) electrons. The van der Waals surface area contributed by atoms with E-state index >= 15 is 0 Å². The molecule has 1 aliphatic rings. The fraction of sp³-hybridized carbons (Fsp3) is 0.533. The molecule has 1 aliphatic carbocycles. The van der Waals surface area contributed by atoms with Gasteiger partial charge in [-0.05, 0) is 31.4 Å². The van der Waals surface area contributed by atoms with Crippen molar-refractivity contribution >= 4 is 11.6 Å². The fourth-order valence-electron chi connectivity index (χ4n) is 2.56. The summed E-state index contributed by atoms with van der Waals surface area (Å²) in [6.07, 6.45) is 4.26. The Kier molecular flexibility index (Phi) is 4.84. The predicted octanol–water partition coefficient (Wildman–Crippen LogP) is 1.96. The highest BCUT2D eigenvalue weighted by atomic mass is 16.5. The third-order valence-corrected chi connectivity index (χ3v) is 3.68. The number of nitrogens with one attached hydrogen (secondary N) is 1. The molecule has 110 valence electrons. The number of carbonyl (C=O) groups is 1. The van der Waals surface area contributed by atoms with Gasteiger partial charge in [0.25, 0.3) is 5.91 Å². The van der Waals surface area contributed by atoms with Crippen molar-refractivity contribution in [1.29, 1.82) is 0 Å². The van der Waals surface area contributed by atoms with Gasteiger partial charge in [0.05, 0.1) is 11.7 Å². The second-order valence-corrected chi connectivity index (χ2v) is 5.10. The van der Waals surface area contributed by atoms with E-state index in [1.54, 1.807) is 32.4 Å². The smallest absolute Gasteiger partial charge is 0.254 e. The lowest BCUT2D eigenvalue weighted by Crippen LogP contribution is -2.30. The Balaban J connectivity index is 2.15. The van der Waals surface area contributed by atoms with E-state index in [0.29, 0.717) is 17.0 Å². The lowest BCUT2D eigenvalue weighted by Gasteiger charge is -2.29. The van der Waals surface area contributed by atoms with Gasteiger partial charge >= 0.3 is 0 Å². The molecular formula is C15H22N2O3. The zero-order valence-corrected chi connectivity index (χ0v) is 12.0. The number of ether oxygens (including phenoxy) is 2. The number of hydrogen-bond donors (Lipinski definition) is 2. The van der Waals surface area contributed by atoms with Gasteiger partial charge in [0.1, 0.15) is 11.9 Å². The Labute approximate surface area is 119 Å². The van der Waals surface area contributed by atoms with Gasteiger partial charge in [0.15, 0.2) is 0 Å². The number of carbonyl (C=O) groups excluding carboxylic acids is 1. The van der Waals surface area contributed by atoms with Crippen LogP contribution >= 0.6 is 0 Å². The highest BCUT2D eigenvalue weighted by Gasteiger charge is 2.24. The molecule has 2 atom stereocenters. The summed E-state index contributed by atoms with van der Waals surface area (Å²) >= 11 is 0. The second-order valence-electron chi connectivity index (χ2n) is 5.10. The minimum absolute atomic E-state index is 0.0684. The molecule has 20 heavy (non-hydrogen) atoms. The molecule has 5 nitrogen and oxygen atoms in total. The lowest BCUT2D eigenvalue weighted by atomic mass is 9.95. The number of nitrogen functional groups attached to an aromatic ring is 1. The molecule has 1 aromatic carbocycles. The van der Waals surface area contributed by atoms with Crippen LogP contribution in [-0.4, -0.2) is 32.3 Å². The van der Waals surface area contributed by atoms with Crippen LogP contribution in [0.1, 0.15) is 36.0 Å². The van der Waals surface area contributed by atoms with Gasteiger partial charge in [-0.25, -0.2) is 0 Å². The van der Waals surface area contributed by atoms with Crippen molar-refractivity contribution in [3.63, 3.8) is 0 Å². The number of benzene rings is 1. The number of amides is 1. The van der Waals surface area contributed by atoms with Crippen molar-refractivity contribution < 1.29 is 14.3 Å². The van der Waals surface area contributed by atoms with Gasteiger partial charge in [-0.3, -0.25) is 4.79 Å². The van der Waals surface area contributed by atoms with Crippen LogP contribution in [0.15, 0.2) is 18.2 Å². The predicted molar refractivity (Wildman–Crippen MR) is 77.9 cm³/mol. The van der Waals surface area contributed by atoms with E-state index in [2.05, 4.69) is 5.32 Å². The second kappa shape index (κ2) is 6.61. The van der Waals surface area contributed by atoms with E-state index in [1.165, 1.54) is 0 Å². The molecule has 0 heterocycles. The van der Waals surface area contributed by atoms with Crippen LogP contribution in [-0.2, 0) is 4.74 Å². The Hall–Kier alpha value is -1.75. The summed E-state index contributed by atoms with van der Waals surface area (Å²) in [5.41, 5.74) is 6.90. The summed E-state index contributed by atoms with van der Waals surface area (Å²) in [7, 11) is 3.33. The first-order chi connectivity index (χ1) is 9.63. The molecule has 2 rings (SSSR count). The van der Waals surface area contributed by atoms with E-state index in [4.69, 9.17) is 15.2 Å². The van der Waals surface area contributed by atoms with Crippen LogP contribution in [0.2, 0.25) is 0 Å². The van der Waals surface area contributed by atoms with Crippen molar-refractivity contribution in [2.45, 2.75) is 37.9 Å². The van der Waals surface area contributed by atoms with E-state index in [1.807, 2.05) is 0 Å². The summed E-state index contributed by atoms with van der Waals surface area (Å²) < 4.78 is 11.4. The Bertz CT molecular complexity index is 476. The molecule has 0 aromatic heterocycles. The Morgan fingerprint density at radius 2 is 2.10 bits per heavy atom. The minimum atomic E-state index is -0.167. The molecule has 0 saturated heterocycles. The van der Waals surface area contributed by atoms with Gasteiger partial charge in [-0.2, -0.15) is 0 Å². The monoisotopic (exact) mass is 278 g/mol. The van der Waals surface area contributed by atoms with Crippen LogP contribution in [0.25, 0.3) is 0 Å². The van der Waals surface area contributed by atoms with Crippen LogP contribution < -0.4 is 15.8 Å². The molecule has 0 bridgehead atoms. The van der Waals surface area contributed by atoms with Crippen molar-refractivity contribution in [3.05, 3.63) is 23.8 Å². The van der Waals surface area contributed by atoms with E-state index in [-0.39, 0.29) is 18.1 Å². The molecule has 2 unspecified atom stereocenters. The Morgan fingerprint density at radius 1 is 1.35 bits per heavy atom.